The zero-order chi connectivity index (χ0) is 13.6. The molecule has 0 saturated heterocycles. The van der Waals surface area contributed by atoms with Crippen LogP contribution in [0.1, 0.15) is 32.3 Å². The van der Waals surface area contributed by atoms with Crippen LogP contribution in [-0.4, -0.2) is 17.5 Å². The second-order valence-corrected chi connectivity index (χ2v) is 6.12. The number of thioether (sulfide) groups is 1. The van der Waals surface area contributed by atoms with Crippen molar-refractivity contribution in [1.82, 2.24) is 5.32 Å². The fourth-order valence-corrected chi connectivity index (χ4v) is 3.01. The summed E-state index contributed by atoms with van der Waals surface area (Å²) in [7, 11) is 0. The summed E-state index contributed by atoms with van der Waals surface area (Å²) in [5.74, 6) is -0.288. The number of hydrogen-bond donors (Lipinski definition) is 1. The summed E-state index contributed by atoms with van der Waals surface area (Å²) in [6, 6.07) is 4.55. The van der Waals surface area contributed by atoms with Gasteiger partial charge in [-0.15, -0.1) is 0 Å². The van der Waals surface area contributed by atoms with Crippen molar-refractivity contribution in [3.8, 4) is 0 Å². The zero-order valence-corrected chi connectivity index (χ0v) is 12.8. The summed E-state index contributed by atoms with van der Waals surface area (Å²) < 4.78 is 13.2. The summed E-state index contributed by atoms with van der Waals surface area (Å²) in [4.78, 5) is 0. The molecule has 0 atom stereocenters. The van der Waals surface area contributed by atoms with E-state index in [9.17, 15) is 4.39 Å². The van der Waals surface area contributed by atoms with Crippen LogP contribution in [0.4, 0.5) is 4.39 Å². The Kier molecular flexibility index (Phi) is 6.47. The van der Waals surface area contributed by atoms with Crippen molar-refractivity contribution in [3.05, 3.63) is 34.6 Å². The summed E-state index contributed by atoms with van der Waals surface area (Å²) in [6.45, 7) is 6.05. The molecule has 102 valence electrons. The Morgan fingerprint density at radius 2 is 2.00 bits per heavy atom. The van der Waals surface area contributed by atoms with E-state index in [0.717, 1.165) is 24.9 Å². The number of halogens is 2. The number of rotatable bonds is 7. The highest BCUT2D eigenvalue weighted by Crippen LogP contribution is 2.29. The van der Waals surface area contributed by atoms with Crippen LogP contribution in [0.25, 0.3) is 0 Å². The Bertz CT molecular complexity index is 372. The molecule has 18 heavy (non-hydrogen) atoms. The van der Waals surface area contributed by atoms with Gasteiger partial charge in [-0.05, 0) is 36.8 Å². The van der Waals surface area contributed by atoms with E-state index >= 15 is 0 Å². The van der Waals surface area contributed by atoms with Crippen LogP contribution < -0.4 is 5.32 Å². The molecule has 1 N–H and O–H groups in total. The molecule has 0 aliphatic carbocycles. The molecule has 1 nitrogen and oxygen atoms in total. The Balaban J connectivity index is 2.55. The second-order valence-electron chi connectivity index (χ2n) is 4.43. The van der Waals surface area contributed by atoms with Crippen molar-refractivity contribution >= 4 is 23.4 Å². The predicted molar refractivity (Wildman–Crippen MR) is 79.9 cm³/mol. The van der Waals surface area contributed by atoms with E-state index in [-0.39, 0.29) is 10.6 Å². The minimum absolute atomic E-state index is 0.284. The predicted octanol–water partition coefficient (Wildman–Crippen LogP) is 4.49. The van der Waals surface area contributed by atoms with E-state index in [2.05, 4.69) is 25.4 Å². The molecule has 0 bridgehead atoms. The van der Waals surface area contributed by atoms with Gasteiger partial charge >= 0.3 is 0 Å². The summed E-state index contributed by atoms with van der Waals surface area (Å²) >= 11 is 7.90. The van der Waals surface area contributed by atoms with Gasteiger partial charge in [-0.25, -0.2) is 4.39 Å². The van der Waals surface area contributed by atoms with Crippen LogP contribution in [0, 0.1) is 5.82 Å². The summed E-state index contributed by atoms with van der Waals surface area (Å²) in [5, 5.41) is 3.92. The fourth-order valence-electron chi connectivity index (χ4n) is 1.95. The monoisotopic (exact) mass is 289 g/mol. The smallest absolute Gasteiger partial charge is 0.124 e. The minimum atomic E-state index is -0.288. The van der Waals surface area contributed by atoms with Gasteiger partial charge in [0.2, 0.25) is 0 Å². The van der Waals surface area contributed by atoms with E-state index in [1.54, 1.807) is 6.07 Å². The lowest BCUT2D eigenvalue weighted by Crippen LogP contribution is -2.36. The highest BCUT2D eigenvalue weighted by molar-refractivity contribution is 8.00. The molecule has 1 aromatic carbocycles. The van der Waals surface area contributed by atoms with Gasteiger partial charge in [0.05, 0.1) is 0 Å². The van der Waals surface area contributed by atoms with Crippen molar-refractivity contribution in [3.63, 3.8) is 0 Å². The first kappa shape index (κ1) is 15.8. The standard InChI is InChI=1S/C14H21ClFNS/c1-4-14(5-2,18-3)10-17-9-11-6-7-12(16)8-13(11)15/h6-8,17H,4-5,9-10H2,1-3H3. The largest absolute Gasteiger partial charge is 0.311 e. The van der Waals surface area contributed by atoms with E-state index in [1.807, 2.05) is 11.8 Å². The van der Waals surface area contributed by atoms with Gasteiger partial charge in [-0.1, -0.05) is 31.5 Å². The maximum atomic E-state index is 12.9. The molecule has 0 spiro atoms. The first-order valence-electron chi connectivity index (χ1n) is 6.26. The number of benzene rings is 1. The van der Waals surface area contributed by atoms with Crippen LogP contribution >= 0.6 is 23.4 Å². The second kappa shape index (κ2) is 7.37. The highest BCUT2D eigenvalue weighted by Gasteiger charge is 2.24. The Hall–Kier alpha value is -0.250. The minimum Gasteiger partial charge on any atom is -0.311 e. The Morgan fingerprint density at radius 1 is 1.33 bits per heavy atom. The number of hydrogen-bond acceptors (Lipinski definition) is 2. The van der Waals surface area contributed by atoms with E-state index in [0.29, 0.717) is 11.6 Å². The fraction of sp³-hybridized carbons (Fsp3) is 0.571. The van der Waals surface area contributed by atoms with Gasteiger partial charge in [0.1, 0.15) is 5.82 Å². The SMILES string of the molecule is CCC(CC)(CNCc1ccc(F)cc1Cl)SC. The van der Waals surface area contributed by atoms with Gasteiger partial charge in [-0.3, -0.25) is 0 Å². The molecular weight excluding hydrogens is 269 g/mol. The first-order chi connectivity index (χ1) is 8.56. The van der Waals surface area contributed by atoms with Crippen molar-refractivity contribution in [2.75, 3.05) is 12.8 Å². The Labute approximate surface area is 118 Å². The Morgan fingerprint density at radius 3 is 2.50 bits per heavy atom. The molecule has 0 radical (unpaired) electrons. The van der Waals surface area contributed by atoms with Crippen molar-refractivity contribution in [2.45, 2.75) is 38.0 Å². The molecule has 0 fully saturated rings. The third kappa shape index (κ3) is 4.15. The number of nitrogens with one attached hydrogen (secondary N) is 1. The summed E-state index contributed by atoms with van der Waals surface area (Å²) in [5.41, 5.74) is 0.945. The molecule has 4 heteroatoms. The third-order valence-electron chi connectivity index (χ3n) is 3.50. The molecule has 1 rings (SSSR count). The van der Waals surface area contributed by atoms with Crippen LogP contribution in [0.5, 0.6) is 0 Å². The molecule has 0 saturated carbocycles. The third-order valence-corrected chi connectivity index (χ3v) is 5.44. The lowest BCUT2D eigenvalue weighted by atomic mass is 10.0. The molecule has 0 aliphatic rings. The molecular formula is C14H21ClFNS. The van der Waals surface area contributed by atoms with E-state index in [1.165, 1.54) is 12.1 Å². The molecule has 0 aromatic heterocycles. The van der Waals surface area contributed by atoms with E-state index < -0.39 is 0 Å². The van der Waals surface area contributed by atoms with Gasteiger partial charge in [-0.2, -0.15) is 11.8 Å². The molecule has 0 heterocycles. The molecule has 0 amide bonds. The molecule has 0 aliphatic heterocycles. The van der Waals surface area contributed by atoms with Crippen molar-refractivity contribution < 1.29 is 4.39 Å². The lowest BCUT2D eigenvalue weighted by molar-refractivity contribution is 0.495. The normalized spacial score (nSPS) is 11.8. The van der Waals surface area contributed by atoms with Crippen LogP contribution in [-0.2, 0) is 6.54 Å². The van der Waals surface area contributed by atoms with Crippen LogP contribution in [0.15, 0.2) is 18.2 Å². The maximum Gasteiger partial charge on any atom is 0.124 e. The van der Waals surface area contributed by atoms with Gasteiger partial charge in [0.25, 0.3) is 0 Å². The van der Waals surface area contributed by atoms with Gasteiger partial charge < -0.3 is 5.32 Å². The van der Waals surface area contributed by atoms with Crippen molar-refractivity contribution in [2.24, 2.45) is 0 Å². The van der Waals surface area contributed by atoms with Crippen LogP contribution in [0.2, 0.25) is 5.02 Å². The average Bonchev–Trinajstić information content (AvgIpc) is 2.38. The average molecular weight is 290 g/mol. The van der Waals surface area contributed by atoms with Crippen molar-refractivity contribution in [1.29, 1.82) is 0 Å². The van der Waals surface area contributed by atoms with E-state index in [4.69, 9.17) is 11.6 Å². The van der Waals surface area contributed by atoms with Gasteiger partial charge in [0, 0.05) is 22.9 Å². The summed E-state index contributed by atoms with van der Waals surface area (Å²) in [6.07, 6.45) is 4.42. The quantitative estimate of drug-likeness (QED) is 0.794. The topological polar surface area (TPSA) is 12.0 Å². The molecule has 1 aromatic rings. The maximum absolute atomic E-state index is 12.9. The molecule has 0 unspecified atom stereocenters. The zero-order valence-electron chi connectivity index (χ0n) is 11.2. The van der Waals surface area contributed by atoms with Crippen LogP contribution in [0.3, 0.4) is 0 Å². The van der Waals surface area contributed by atoms with Gasteiger partial charge in [0.15, 0.2) is 0 Å². The lowest BCUT2D eigenvalue weighted by Gasteiger charge is -2.30. The first-order valence-corrected chi connectivity index (χ1v) is 7.87. The highest BCUT2D eigenvalue weighted by atomic mass is 35.5.